The van der Waals surface area contributed by atoms with Crippen molar-refractivity contribution in [2.24, 2.45) is 4.99 Å². The highest BCUT2D eigenvalue weighted by molar-refractivity contribution is 6.23. The maximum absolute atomic E-state index is 5.12. The summed E-state index contributed by atoms with van der Waals surface area (Å²) < 4.78 is 5.08. The Labute approximate surface area is 411 Å². The van der Waals surface area contributed by atoms with Crippen LogP contribution in [0.15, 0.2) is 230 Å². The average molecular weight is 911 g/mol. The molecule has 1 atom stereocenters. The van der Waals surface area contributed by atoms with Crippen molar-refractivity contribution < 1.29 is 0 Å². The second kappa shape index (κ2) is 16.9. The molecule has 3 aliphatic rings. The summed E-state index contributed by atoms with van der Waals surface area (Å²) in [5.41, 5.74) is 18.5. The maximum atomic E-state index is 5.12. The lowest BCUT2D eigenvalue weighted by Crippen LogP contribution is -2.10. The van der Waals surface area contributed by atoms with Crippen molar-refractivity contribution in [1.82, 2.24) is 24.1 Å². The minimum atomic E-state index is 0.0435. The highest BCUT2D eigenvalue weighted by Crippen LogP contribution is 2.44. The van der Waals surface area contributed by atoms with Gasteiger partial charge in [0.05, 0.1) is 34.0 Å². The van der Waals surface area contributed by atoms with Crippen LogP contribution < -0.4 is 0 Å². The lowest BCUT2D eigenvalue weighted by molar-refractivity contribution is 0.649. The van der Waals surface area contributed by atoms with E-state index in [-0.39, 0.29) is 6.04 Å². The Balaban J connectivity index is 0.878. The fourth-order valence-electron chi connectivity index (χ4n) is 11.2. The van der Waals surface area contributed by atoms with Crippen LogP contribution in [0.3, 0.4) is 0 Å². The molecule has 1 aliphatic heterocycles. The van der Waals surface area contributed by atoms with Crippen LogP contribution in [-0.2, 0) is 6.42 Å². The molecule has 0 spiro atoms. The molecule has 0 N–H and O–H groups in total. The molecule has 0 fully saturated rings. The molecule has 11 aromatic rings. The van der Waals surface area contributed by atoms with Crippen LogP contribution in [0, 0.1) is 0 Å². The van der Waals surface area contributed by atoms with Crippen molar-refractivity contribution in [2.75, 3.05) is 0 Å². The molecule has 0 amide bonds. The molecule has 71 heavy (non-hydrogen) atoms. The number of para-hydroxylation sites is 2. The van der Waals surface area contributed by atoms with E-state index in [4.69, 9.17) is 19.9 Å². The summed E-state index contributed by atoms with van der Waals surface area (Å²) >= 11 is 0. The van der Waals surface area contributed by atoms with Gasteiger partial charge in [-0.1, -0.05) is 188 Å². The van der Waals surface area contributed by atoms with Gasteiger partial charge in [-0.2, -0.15) is 0 Å². The highest BCUT2D eigenvalue weighted by atomic mass is 15.1. The zero-order chi connectivity index (χ0) is 46.8. The topological polar surface area (TPSA) is 60.9 Å². The first-order valence-corrected chi connectivity index (χ1v) is 24.7. The van der Waals surface area contributed by atoms with E-state index in [2.05, 4.69) is 215 Å². The van der Waals surface area contributed by atoms with Crippen molar-refractivity contribution >= 4 is 66.2 Å². The summed E-state index contributed by atoms with van der Waals surface area (Å²) in [6, 6.07) is 67.9. The van der Waals surface area contributed by atoms with Gasteiger partial charge in [-0.05, 0) is 94.6 Å². The van der Waals surface area contributed by atoms with Crippen molar-refractivity contribution in [3.05, 3.63) is 247 Å². The Hall–Kier alpha value is -9.00. The van der Waals surface area contributed by atoms with E-state index in [0.717, 1.165) is 70.9 Å². The van der Waals surface area contributed by atoms with E-state index in [1.165, 1.54) is 71.4 Å². The second-order valence-electron chi connectivity index (χ2n) is 18.8. The number of fused-ring (bicyclic) bond motifs is 8. The number of hydrogen-bond acceptors (Lipinski definition) is 4. The number of rotatable bonds is 8. The zero-order valence-corrected chi connectivity index (χ0v) is 39.0. The minimum Gasteiger partial charge on any atom is -0.331 e. The quantitative estimate of drug-likeness (QED) is 0.153. The predicted molar refractivity (Wildman–Crippen MR) is 293 cm³/mol. The van der Waals surface area contributed by atoms with Crippen LogP contribution in [0.4, 0.5) is 5.69 Å². The third kappa shape index (κ3) is 7.01. The van der Waals surface area contributed by atoms with E-state index in [1.54, 1.807) is 0 Å². The van der Waals surface area contributed by atoms with E-state index in [0.29, 0.717) is 11.6 Å². The van der Waals surface area contributed by atoms with Gasteiger partial charge < -0.3 is 9.13 Å². The molecular weight excluding hydrogens is 865 g/mol. The predicted octanol–water partition coefficient (Wildman–Crippen LogP) is 16.1. The first-order valence-electron chi connectivity index (χ1n) is 24.7. The van der Waals surface area contributed by atoms with Gasteiger partial charge in [-0.15, -0.1) is 0 Å². The van der Waals surface area contributed by atoms with Crippen LogP contribution in [0.25, 0.3) is 94.1 Å². The molecule has 14 rings (SSSR count). The van der Waals surface area contributed by atoms with Crippen LogP contribution in [0.2, 0.25) is 0 Å². The molecule has 8 aromatic carbocycles. The number of aromatic nitrogens is 5. The van der Waals surface area contributed by atoms with Crippen LogP contribution >= 0.6 is 0 Å². The average Bonchev–Trinajstić information content (AvgIpc) is 4.15. The lowest BCUT2D eigenvalue weighted by Gasteiger charge is -2.21. The van der Waals surface area contributed by atoms with Crippen molar-refractivity contribution in [3.8, 4) is 39.3 Å². The Bertz CT molecular complexity index is 4110. The third-order valence-electron chi connectivity index (χ3n) is 14.6. The van der Waals surface area contributed by atoms with Crippen LogP contribution in [0.5, 0.6) is 0 Å². The van der Waals surface area contributed by atoms with E-state index in [9.17, 15) is 0 Å². The minimum absolute atomic E-state index is 0.0435. The first-order chi connectivity index (χ1) is 35.2. The monoisotopic (exact) mass is 910 g/mol. The molecule has 6 heteroatoms. The second-order valence-corrected chi connectivity index (χ2v) is 18.8. The third-order valence-corrected chi connectivity index (χ3v) is 14.6. The molecule has 0 bridgehead atoms. The smallest absolute Gasteiger partial charge is 0.164 e. The summed E-state index contributed by atoms with van der Waals surface area (Å²) in [6.07, 6.45) is 16.8. The fraction of sp³-hybridized carbons (Fsp3) is 0.0769. The number of nitrogens with zero attached hydrogens (tertiary/aromatic N) is 6. The van der Waals surface area contributed by atoms with Crippen molar-refractivity contribution in [1.29, 1.82) is 0 Å². The Morgan fingerprint density at radius 2 is 1.17 bits per heavy atom. The number of allylic oxidation sites excluding steroid dienone is 8. The van der Waals surface area contributed by atoms with Crippen molar-refractivity contribution in [2.45, 2.75) is 31.7 Å². The Kier molecular flexibility index (Phi) is 9.76. The van der Waals surface area contributed by atoms with Gasteiger partial charge >= 0.3 is 0 Å². The molecule has 2 aliphatic carbocycles. The molecule has 4 heterocycles. The number of benzene rings is 8. The van der Waals surface area contributed by atoms with Crippen LogP contribution in [0.1, 0.15) is 48.1 Å². The summed E-state index contributed by atoms with van der Waals surface area (Å²) in [5, 5.41) is 4.94. The molecule has 0 saturated heterocycles. The number of aliphatic imine (C=N–C) groups is 1. The Morgan fingerprint density at radius 3 is 1.96 bits per heavy atom. The van der Waals surface area contributed by atoms with Gasteiger partial charge in [0.25, 0.3) is 0 Å². The molecular formula is C65H46N6. The van der Waals surface area contributed by atoms with E-state index >= 15 is 0 Å². The van der Waals surface area contributed by atoms with Gasteiger partial charge in [0.1, 0.15) is 0 Å². The van der Waals surface area contributed by atoms with Gasteiger partial charge in [0.15, 0.2) is 17.5 Å². The fourth-order valence-corrected chi connectivity index (χ4v) is 11.2. The summed E-state index contributed by atoms with van der Waals surface area (Å²) in [4.78, 5) is 20.3. The molecule has 0 radical (unpaired) electrons. The SMILES string of the molecule is C1=CCCC(c2nc(C3=CCC(n4c5ccccc5c5ccc6c7ccccc7n(-c7cccc(-c8cccc(-c9cccc%10c9CC(c9ccccc9)=N%10)c8)c7)c6c54)C=C3)nc(-c3ccccc3)n2)=C1. The molecule has 0 saturated carbocycles. The summed E-state index contributed by atoms with van der Waals surface area (Å²) in [7, 11) is 0. The zero-order valence-electron chi connectivity index (χ0n) is 39.0. The van der Waals surface area contributed by atoms with Gasteiger partial charge in [-0.25, -0.2) is 15.0 Å². The first kappa shape index (κ1) is 41.0. The molecule has 3 aromatic heterocycles. The van der Waals surface area contributed by atoms with Gasteiger partial charge in [0, 0.05) is 50.3 Å². The summed E-state index contributed by atoms with van der Waals surface area (Å²) in [5.74, 6) is 2.14. The maximum Gasteiger partial charge on any atom is 0.164 e. The molecule has 6 nitrogen and oxygen atoms in total. The number of hydrogen-bond donors (Lipinski definition) is 0. The van der Waals surface area contributed by atoms with E-state index in [1.807, 2.05) is 18.2 Å². The largest absolute Gasteiger partial charge is 0.331 e. The normalized spacial score (nSPS) is 15.4. The van der Waals surface area contributed by atoms with Gasteiger partial charge in [-0.3, -0.25) is 4.99 Å². The molecule has 336 valence electrons. The lowest BCUT2D eigenvalue weighted by atomic mass is 9.93. The van der Waals surface area contributed by atoms with Crippen LogP contribution in [-0.4, -0.2) is 29.8 Å². The Morgan fingerprint density at radius 1 is 0.507 bits per heavy atom. The summed E-state index contributed by atoms with van der Waals surface area (Å²) in [6.45, 7) is 0. The molecule has 1 unspecified atom stereocenters. The van der Waals surface area contributed by atoms with Gasteiger partial charge in [0.2, 0.25) is 0 Å². The highest BCUT2D eigenvalue weighted by Gasteiger charge is 2.26. The van der Waals surface area contributed by atoms with E-state index < -0.39 is 0 Å². The van der Waals surface area contributed by atoms with Crippen molar-refractivity contribution in [3.63, 3.8) is 0 Å². The standard InChI is InChI=1S/C65H46N6/c1-4-17-42(18-5-1)58-41-56-51(29-16-30-57(56)66-58)48-25-14-23-46(39-48)47-24-15-26-50(40-47)71-60-32-13-11-28-53(60)55-38-37-54-52-27-10-12-31-59(52)70(61(54)62(55)71)49-35-33-45(34-36-49)65-68-63(43-19-6-2-7-20-43)67-64(69-65)44-21-8-3-9-22-44/h1-8,10-21,23-35,37-40,49H,9,22,36,41H2.